The van der Waals surface area contributed by atoms with Crippen molar-refractivity contribution in [3.63, 3.8) is 0 Å². The monoisotopic (exact) mass is 339 g/mol. The summed E-state index contributed by atoms with van der Waals surface area (Å²) in [6.45, 7) is 1.40. The van der Waals surface area contributed by atoms with Crippen molar-refractivity contribution in [2.24, 2.45) is 11.8 Å². The molecule has 0 aromatic heterocycles. The first-order valence-electron chi connectivity index (χ1n) is 7.04. The Labute approximate surface area is 125 Å². The third kappa shape index (κ3) is 1.76. The van der Waals surface area contributed by atoms with E-state index in [1.54, 1.807) is 17.0 Å². The van der Waals surface area contributed by atoms with Gasteiger partial charge < -0.3 is 9.64 Å². The van der Waals surface area contributed by atoms with Gasteiger partial charge in [0.2, 0.25) is 0 Å². The van der Waals surface area contributed by atoms with Crippen molar-refractivity contribution in [3.05, 3.63) is 34.1 Å². The van der Waals surface area contributed by atoms with Crippen LogP contribution >= 0.6 is 15.9 Å². The number of rotatable bonds is 1. The first kappa shape index (κ1) is 12.8. The van der Waals surface area contributed by atoms with E-state index in [1.165, 1.54) is 6.07 Å². The van der Waals surface area contributed by atoms with Crippen LogP contribution in [0.15, 0.2) is 22.7 Å². The van der Waals surface area contributed by atoms with E-state index in [1.807, 2.05) is 0 Å². The van der Waals surface area contributed by atoms with Gasteiger partial charge in [0.1, 0.15) is 5.82 Å². The summed E-state index contributed by atoms with van der Waals surface area (Å²) in [7, 11) is 0. The molecule has 0 aliphatic carbocycles. The van der Waals surface area contributed by atoms with Crippen LogP contribution in [0.5, 0.6) is 0 Å². The van der Waals surface area contributed by atoms with Gasteiger partial charge in [-0.1, -0.05) is 6.07 Å². The normalized spacial score (nSPS) is 34.6. The molecule has 0 spiro atoms. The van der Waals surface area contributed by atoms with Crippen LogP contribution in [-0.4, -0.2) is 36.1 Å². The highest BCUT2D eigenvalue weighted by molar-refractivity contribution is 9.10. The molecule has 4 rings (SSSR count). The molecule has 1 aromatic rings. The molecular weight excluding hydrogens is 325 g/mol. The molecule has 5 heteroatoms. The highest BCUT2D eigenvalue weighted by atomic mass is 79.9. The SMILES string of the molecule is O=C(c1c(F)cccc1Br)N1C[C@@H]2[C@H](C1)[C@H]1CC[C@H]2O1. The van der Waals surface area contributed by atoms with Gasteiger partial charge in [0, 0.05) is 29.4 Å². The van der Waals surface area contributed by atoms with Crippen molar-refractivity contribution < 1.29 is 13.9 Å². The molecular formula is C15H15BrFNO2. The predicted molar refractivity (Wildman–Crippen MR) is 74.9 cm³/mol. The summed E-state index contributed by atoms with van der Waals surface area (Å²) in [4.78, 5) is 14.4. The van der Waals surface area contributed by atoms with Gasteiger partial charge in [0.05, 0.1) is 17.8 Å². The molecule has 0 unspecified atom stereocenters. The Morgan fingerprint density at radius 2 is 1.90 bits per heavy atom. The third-order valence-electron chi connectivity index (χ3n) is 4.92. The Kier molecular flexibility index (Phi) is 2.89. The van der Waals surface area contributed by atoms with E-state index in [0.29, 0.717) is 41.6 Å². The Hall–Kier alpha value is -0.940. The Balaban J connectivity index is 1.59. The van der Waals surface area contributed by atoms with Crippen LogP contribution in [0.3, 0.4) is 0 Å². The second-order valence-electron chi connectivity index (χ2n) is 5.92. The summed E-state index contributed by atoms with van der Waals surface area (Å²) in [6.07, 6.45) is 2.84. The molecule has 0 radical (unpaired) electrons. The number of amides is 1. The highest BCUT2D eigenvalue weighted by Gasteiger charge is 2.53. The summed E-state index contributed by atoms with van der Waals surface area (Å²) in [5.74, 6) is 0.232. The maximum absolute atomic E-state index is 13.9. The summed E-state index contributed by atoms with van der Waals surface area (Å²) < 4.78 is 20.3. The van der Waals surface area contributed by atoms with Gasteiger partial charge in [-0.3, -0.25) is 4.79 Å². The first-order chi connectivity index (χ1) is 9.65. The third-order valence-corrected chi connectivity index (χ3v) is 5.58. The number of ether oxygens (including phenoxy) is 1. The van der Waals surface area contributed by atoms with Gasteiger partial charge in [-0.15, -0.1) is 0 Å². The maximum Gasteiger partial charge on any atom is 0.258 e. The number of fused-ring (bicyclic) bond motifs is 5. The van der Waals surface area contributed by atoms with Crippen LogP contribution in [-0.2, 0) is 4.74 Å². The van der Waals surface area contributed by atoms with E-state index in [2.05, 4.69) is 15.9 Å². The second kappa shape index (κ2) is 4.53. The fourth-order valence-corrected chi connectivity index (χ4v) is 4.50. The Morgan fingerprint density at radius 1 is 1.25 bits per heavy atom. The average molecular weight is 340 g/mol. The molecule has 1 aromatic carbocycles. The number of hydrogen-bond donors (Lipinski definition) is 0. The van der Waals surface area contributed by atoms with Crippen molar-refractivity contribution in [3.8, 4) is 0 Å². The van der Waals surface area contributed by atoms with E-state index in [9.17, 15) is 9.18 Å². The zero-order valence-corrected chi connectivity index (χ0v) is 12.5. The van der Waals surface area contributed by atoms with Gasteiger partial charge in [0.25, 0.3) is 5.91 Å². The minimum absolute atomic E-state index is 0.153. The first-order valence-corrected chi connectivity index (χ1v) is 7.83. The summed E-state index contributed by atoms with van der Waals surface area (Å²) in [5, 5.41) is 0. The van der Waals surface area contributed by atoms with Gasteiger partial charge in [-0.25, -0.2) is 4.39 Å². The van der Waals surface area contributed by atoms with E-state index in [4.69, 9.17) is 4.74 Å². The average Bonchev–Trinajstić information content (AvgIpc) is 3.11. The molecule has 3 aliphatic heterocycles. The molecule has 2 bridgehead atoms. The van der Waals surface area contributed by atoms with E-state index in [-0.39, 0.29) is 11.5 Å². The summed E-state index contributed by atoms with van der Waals surface area (Å²) in [5.41, 5.74) is 0.153. The Bertz CT molecular complexity index is 541. The molecule has 106 valence electrons. The van der Waals surface area contributed by atoms with Gasteiger partial charge >= 0.3 is 0 Å². The van der Waals surface area contributed by atoms with Gasteiger partial charge in [-0.2, -0.15) is 0 Å². The fraction of sp³-hybridized carbons (Fsp3) is 0.533. The lowest BCUT2D eigenvalue weighted by Gasteiger charge is -2.19. The zero-order chi connectivity index (χ0) is 13.9. The topological polar surface area (TPSA) is 29.5 Å². The molecule has 3 aliphatic rings. The molecule has 3 heterocycles. The number of carbonyl (C=O) groups is 1. The highest BCUT2D eigenvalue weighted by Crippen LogP contribution is 2.47. The van der Waals surface area contributed by atoms with Crippen molar-refractivity contribution >= 4 is 21.8 Å². The molecule has 3 nitrogen and oxygen atoms in total. The largest absolute Gasteiger partial charge is 0.374 e. The van der Waals surface area contributed by atoms with Crippen LogP contribution in [0.25, 0.3) is 0 Å². The number of hydrogen-bond acceptors (Lipinski definition) is 2. The molecule has 3 saturated heterocycles. The minimum Gasteiger partial charge on any atom is -0.374 e. The Morgan fingerprint density at radius 3 is 2.50 bits per heavy atom. The number of likely N-dealkylation sites (tertiary alicyclic amines) is 1. The van der Waals surface area contributed by atoms with Crippen molar-refractivity contribution in [1.29, 1.82) is 0 Å². The predicted octanol–water partition coefficient (Wildman–Crippen LogP) is 2.84. The zero-order valence-electron chi connectivity index (χ0n) is 10.9. The van der Waals surface area contributed by atoms with Crippen molar-refractivity contribution in [2.75, 3.05) is 13.1 Å². The lowest BCUT2D eigenvalue weighted by atomic mass is 9.82. The molecule has 1 amide bonds. The lowest BCUT2D eigenvalue weighted by molar-refractivity contribution is 0.0591. The molecule has 20 heavy (non-hydrogen) atoms. The molecule has 0 saturated carbocycles. The fourth-order valence-electron chi connectivity index (χ4n) is 3.99. The molecule has 4 atom stereocenters. The number of benzene rings is 1. The van der Waals surface area contributed by atoms with Gasteiger partial charge in [-0.05, 0) is 40.9 Å². The smallest absolute Gasteiger partial charge is 0.258 e. The molecule has 3 fully saturated rings. The summed E-state index contributed by atoms with van der Waals surface area (Å²) in [6, 6.07) is 4.64. The lowest BCUT2D eigenvalue weighted by Crippen LogP contribution is -2.32. The van der Waals surface area contributed by atoms with Crippen molar-refractivity contribution in [1.82, 2.24) is 4.90 Å². The summed E-state index contributed by atoms with van der Waals surface area (Å²) >= 11 is 3.28. The van der Waals surface area contributed by atoms with Crippen LogP contribution in [0.1, 0.15) is 23.2 Å². The van der Waals surface area contributed by atoms with Crippen LogP contribution in [0.2, 0.25) is 0 Å². The van der Waals surface area contributed by atoms with E-state index in [0.717, 1.165) is 12.8 Å². The second-order valence-corrected chi connectivity index (χ2v) is 6.78. The number of nitrogens with zero attached hydrogens (tertiary/aromatic N) is 1. The molecule has 0 N–H and O–H groups in total. The van der Waals surface area contributed by atoms with Crippen LogP contribution < -0.4 is 0 Å². The number of carbonyl (C=O) groups excluding carboxylic acids is 1. The minimum atomic E-state index is -0.458. The quantitative estimate of drug-likeness (QED) is 0.787. The van der Waals surface area contributed by atoms with Crippen LogP contribution in [0.4, 0.5) is 4.39 Å². The van der Waals surface area contributed by atoms with E-state index < -0.39 is 5.82 Å². The standard InChI is InChI=1S/C15H15BrFNO2/c16-10-2-1-3-11(17)14(10)15(19)18-6-8-9(7-18)13-5-4-12(8)20-13/h1-3,8-9,12-13H,4-7H2/t8-,9+,12-,13-/m1/s1. The van der Waals surface area contributed by atoms with Gasteiger partial charge in [0.15, 0.2) is 0 Å². The maximum atomic E-state index is 13.9. The van der Waals surface area contributed by atoms with Crippen molar-refractivity contribution in [2.45, 2.75) is 25.0 Å². The van der Waals surface area contributed by atoms with Crippen LogP contribution in [0, 0.1) is 17.7 Å². The van der Waals surface area contributed by atoms with E-state index >= 15 is 0 Å². The number of halogens is 2.